The third-order valence-corrected chi connectivity index (χ3v) is 5.93. The van der Waals surface area contributed by atoms with Gasteiger partial charge in [0.15, 0.2) is 5.11 Å². The van der Waals surface area contributed by atoms with Crippen LogP contribution in [-0.4, -0.2) is 48.0 Å². The maximum Gasteiger partial charge on any atom is 0.257 e. The second-order valence-corrected chi connectivity index (χ2v) is 8.74. The van der Waals surface area contributed by atoms with Crippen molar-refractivity contribution in [2.45, 2.75) is 13.8 Å². The fourth-order valence-corrected chi connectivity index (χ4v) is 3.85. The number of para-hydroxylation sites is 2. The maximum absolute atomic E-state index is 12.5. The Morgan fingerprint density at radius 3 is 2.32 bits per heavy atom. The number of benzene rings is 2. The van der Waals surface area contributed by atoms with Gasteiger partial charge >= 0.3 is 0 Å². The number of thiocarbonyl (C=S) groups is 1. The minimum absolute atomic E-state index is 0.00277. The standard InChI is InChI=1S/C22H24Cl2N4O2S/c1-14(2)21(30)28-11-9-27(10-12-28)19-6-4-3-5-18(19)25-22(31)26-20(29)15-7-8-16(23)17(24)13-15/h3-8,13-14H,9-12H2,1-2H3,(H2,25,26,29,31). The van der Waals surface area contributed by atoms with Crippen LogP contribution in [0.3, 0.4) is 0 Å². The van der Waals surface area contributed by atoms with E-state index in [-0.39, 0.29) is 22.8 Å². The predicted molar refractivity (Wildman–Crippen MR) is 130 cm³/mol. The lowest BCUT2D eigenvalue weighted by Gasteiger charge is -2.37. The topological polar surface area (TPSA) is 64.7 Å². The predicted octanol–water partition coefficient (Wildman–Crippen LogP) is 4.42. The summed E-state index contributed by atoms with van der Waals surface area (Å²) in [7, 11) is 0. The molecule has 0 bridgehead atoms. The second-order valence-electron chi connectivity index (χ2n) is 7.52. The summed E-state index contributed by atoms with van der Waals surface area (Å²) < 4.78 is 0. The molecule has 0 spiro atoms. The molecule has 6 nitrogen and oxygen atoms in total. The van der Waals surface area contributed by atoms with Gasteiger partial charge in [0.2, 0.25) is 5.91 Å². The molecule has 0 radical (unpaired) electrons. The molecule has 1 aliphatic heterocycles. The fourth-order valence-electron chi connectivity index (χ4n) is 3.35. The molecule has 1 fully saturated rings. The van der Waals surface area contributed by atoms with Gasteiger partial charge in [-0.2, -0.15) is 0 Å². The Balaban J connectivity index is 1.64. The number of carbonyl (C=O) groups excluding carboxylic acids is 2. The SMILES string of the molecule is CC(C)C(=O)N1CCN(c2ccccc2NC(=S)NC(=O)c2ccc(Cl)c(Cl)c2)CC1. The largest absolute Gasteiger partial charge is 0.366 e. The Morgan fingerprint density at radius 1 is 1.00 bits per heavy atom. The molecule has 2 N–H and O–H groups in total. The van der Waals surface area contributed by atoms with Gasteiger partial charge in [0.05, 0.1) is 21.4 Å². The van der Waals surface area contributed by atoms with E-state index < -0.39 is 0 Å². The van der Waals surface area contributed by atoms with Gasteiger partial charge in [0.1, 0.15) is 0 Å². The van der Waals surface area contributed by atoms with Crippen LogP contribution in [-0.2, 0) is 4.79 Å². The first kappa shape index (κ1) is 23.3. The van der Waals surface area contributed by atoms with Gasteiger partial charge in [-0.1, -0.05) is 49.2 Å². The zero-order valence-electron chi connectivity index (χ0n) is 17.3. The van der Waals surface area contributed by atoms with Crippen LogP contribution in [0.1, 0.15) is 24.2 Å². The van der Waals surface area contributed by atoms with Crippen LogP contribution in [0.2, 0.25) is 10.0 Å². The van der Waals surface area contributed by atoms with Crippen molar-refractivity contribution in [3.63, 3.8) is 0 Å². The van der Waals surface area contributed by atoms with E-state index >= 15 is 0 Å². The highest BCUT2D eigenvalue weighted by Gasteiger charge is 2.24. The van der Waals surface area contributed by atoms with E-state index in [0.717, 1.165) is 24.5 Å². The van der Waals surface area contributed by atoms with Crippen LogP contribution in [0.25, 0.3) is 0 Å². The molecule has 2 aromatic rings. The van der Waals surface area contributed by atoms with Crippen molar-refractivity contribution in [3.05, 3.63) is 58.1 Å². The number of nitrogens with zero attached hydrogens (tertiary/aromatic N) is 2. The highest BCUT2D eigenvalue weighted by atomic mass is 35.5. The van der Waals surface area contributed by atoms with E-state index in [0.29, 0.717) is 28.7 Å². The summed E-state index contributed by atoms with van der Waals surface area (Å²) in [5.74, 6) is -0.205. The van der Waals surface area contributed by atoms with Gasteiger partial charge in [0.25, 0.3) is 5.91 Å². The van der Waals surface area contributed by atoms with Crippen LogP contribution in [0.15, 0.2) is 42.5 Å². The lowest BCUT2D eigenvalue weighted by molar-refractivity contribution is -0.134. The molecule has 2 aromatic carbocycles. The maximum atomic E-state index is 12.5. The van der Waals surface area contributed by atoms with Gasteiger partial charge in [-0.15, -0.1) is 0 Å². The van der Waals surface area contributed by atoms with E-state index in [4.69, 9.17) is 35.4 Å². The van der Waals surface area contributed by atoms with Gasteiger partial charge in [-0.05, 0) is 42.5 Å². The Kier molecular flexibility index (Phi) is 7.75. The molecule has 1 aliphatic rings. The zero-order valence-corrected chi connectivity index (χ0v) is 19.7. The van der Waals surface area contributed by atoms with E-state index in [9.17, 15) is 9.59 Å². The smallest absolute Gasteiger partial charge is 0.257 e. The van der Waals surface area contributed by atoms with Crippen LogP contribution < -0.4 is 15.5 Å². The van der Waals surface area contributed by atoms with Crippen LogP contribution in [0.5, 0.6) is 0 Å². The number of rotatable bonds is 4. The number of carbonyl (C=O) groups is 2. The van der Waals surface area contributed by atoms with E-state index in [2.05, 4.69) is 15.5 Å². The summed E-state index contributed by atoms with van der Waals surface area (Å²) in [5, 5.41) is 6.62. The van der Waals surface area contributed by atoms with E-state index in [1.807, 2.05) is 43.0 Å². The quantitative estimate of drug-likeness (QED) is 0.636. The molecule has 164 valence electrons. The summed E-state index contributed by atoms with van der Waals surface area (Å²) in [6.45, 7) is 6.62. The van der Waals surface area contributed by atoms with Gasteiger partial charge in [0, 0.05) is 37.7 Å². The summed E-state index contributed by atoms with van der Waals surface area (Å²) in [6, 6.07) is 12.4. The molecular formula is C22H24Cl2N4O2S. The summed E-state index contributed by atoms with van der Waals surface area (Å²) in [5.41, 5.74) is 2.11. The highest BCUT2D eigenvalue weighted by molar-refractivity contribution is 7.80. The van der Waals surface area contributed by atoms with Crippen molar-refractivity contribution >= 4 is 63.7 Å². The van der Waals surface area contributed by atoms with Crippen LogP contribution in [0.4, 0.5) is 11.4 Å². The molecule has 9 heteroatoms. The molecule has 1 heterocycles. The van der Waals surface area contributed by atoms with Crippen molar-refractivity contribution in [1.29, 1.82) is 0 Å². The Bertz CT molecular complexity index is 991. The molecule has 0 saturated carbocycles. The van der Waals surface area contributed by atoms with Gasteiger partial charge in [-0.3, -0.25) is 14.9 Å². The molecule has 0 atom stereocenters. The van der Waals surface area contributed by atoms with Crippen molar-refractivity contribution in [1.82, 2.24) is 10.2 Å². The lowest BCUT2D eigenvalue weighted by Crippen LogP contribution is -2.50. The summed E-state index contributed by atoms with van der Waals surface area (Å²) in [6.07, 6.45) is 0. The third-order valence-electron chi connectivity index (χ3n) is 4.99. The molecule has 3 rings (SSSR count). The number of nitrogens with one attached hydrogen (secondary N) is 2. The number of hydrogen-bond donors (Lipinski definition) is 2. The first-order chi connectivity index (χ1) is 14.8. The highest BCUT2D eigenvalue weighted by Crippen LogP contribution is 2.27. The number of anilines is 2. The minimum Gasteiger partial charge on any atom is -0.366 e. The Hall–Kier alpha value is -2.35. The minimum atomic E-state index is -0.380. The van der Waals surface area contributed by atoms with E-state index in [1.165, 1.54) is 6.07 Å². The molecule has 1 saturated heterocycles. The van der Waals surface area contributed by atoms with Gasteiger partial charge < -0.3 is 15.1 Å². The Morgan fingerprint density at radius 2 is 1.68 bits per heavy atom. The lowest BCUT2D eigenvalue weighted by atomic mass is 10.1. The van der Waals surface area contributed by atoms with Crippen molar-refractivity contribution in [2.75, 3.05) is 36.4 Å². The molecular weight excluding hydrogens is 455 g/mol. The molecule has 0 aromatic heterocycles. The number of amides is 2. The van der Waals surface area contributed by atoms with Crippen LogP contribution >= 0.6 is 35.4 Å². The van der Waals surface area contributed by atoms with Crippen LogP contribution in [0, 0.1) is 5.92 Å². The zero-order chi connectivity index (χ0) is 22.5. The molecule has 31 heavy (non-hydrogen) atoms. The van der Waals surface area contributed by atoms with E-state index in [1.54, 1.807) is 12.1 Å². The normalized spacial score (nSPS) is 13.8. The fraction of sp³-hybridized carbons (Fsp3) is 0.318. The monoisotopic (exact) mass is 478 g/mol. The summed E-state index contributed by atoms with van der Waals surface area (Å²) >= 11 is 17.2. The first-order valence-electron chi connectivity index (χ1n) is 9.96. The molecule has 0 unspecified atom stereocenters. The molecule has 0 aliphatic carbocycles. The summed E-state index contributed by atoms with van der Waals surface area (Å²) in [4.78, 5) is 28.8. The number of hydrogen-bond acceptors (Lipinski definition) is 4. The Labute approximate surface area is 197 Å². The second kappa shape index (κ2) is 10.3. The molecule has 2 amide bonds. The average molecular weight is 479 g/mol. The van der Waals surface area contributed by atoms with Crippen molar-refractivity contribution in [2.24, 2.45) is 5.92 Å². The number of halogens is 2. The number of piperazine rings is 1. The van der Waals surface area contributed by atoms with Crippen molar-refractivity contribution < 1.29 is 9.59 Å². The first-order valence-corrected chi connectivity index (χ1v) is 11.1. The van der Waals surface area contributed by atoms with Gasteiger partial charge in [-0.25, -0.2) is 0 Å². The third kappa shape index (κ3) is 5.87. The average Bonchev–Trinajstić information content (AvgIpc) is 2.75. The van der Waals surface area contributed by atoms with Crippen molar-refractivity contribution in [3.8, 4) is 0 Å².